The number of nitrogens with two attached hydrogens (primary N) is 2. The van der Waals surface area contributed by atoms with Gasteiger partial charge in [-0.1, -0.05) is 0 Å². The molecular weight excluding hydrogens is 170 g/mol. The average Bonchev–Trinajstić information content (AvgIpc) is 2.35. The number of fused-ring (bicyclic) bond motifs is 1. The Balaban J connectivity index is 2.78. The number of anilines is 2. The van der Waals surface area contributed by atoms with Crippen molar-refractivity contribution < 1.29 is 9.59 Å². The lowest BCUT2D eigenvalue weighted by molar-refractivity contribution is 0.0880. The molecule has 0 unspecified atom stereocenters. The van der Waals surface area contributed by atoms with Crippen LogP contribution in [0.5, 0.6) is 0 Å². The molecule has 0 saturated heterocycles. The van der Waals surface area contributed by atoms with E-state index in [1.807, 2.05) is 0 Å². The molecule has 0 fully saturated rings. The quantitative estimate of drug-likeness (QED) is 0.375. The number of carbonyl (C=O) groups excluding carboxylic acids is 2. The Hall–Kier alpha value is -2.04. The molecular formula is C8H7N3O2. The SMILES string of the molecule is Nc1ccc2c(c1N)C(=O)NC2=O. The second-order valence-corrected chi connectivity index (χ2v) is 2.77. The molecule has 1 aromatic carbocycles. The van der Waals surface area contributed by atoms with Gasteiger partial charge in [0.15, 0.2) is 0 Å². The fourth-order valence-electron chi connectivity index (χ4n) is 1.30. The summed E-state index contributed by atoms with van der Waals surface area (Å²) in [5, 5.41) is 2.14. The van der Waals surface area contributed by atoms with E-state index in [1.165, 1.54) is 12.1 Å². The number of nitrogen functional groups attached to an aromatic ring is 2. The standard InChI is InChI=1S/C8H7N3O2/c9-4-2-1-3-5(6(4)10)8(13)11-7(3)12/h1-2H,9-10H2,(H,11,12,13). The van der Waals surface area contributed by atoms with Crippen LogP contribution in [0.4, 0.5) is 11.4 Å². The van der Waals surface area contributed by atoms with Gasteiger partial charge in [0.25, 0.3) is 11.8 Å². The van der Waals surface area contributed by atoms with Gasteiger partial charge in [-0.3, -0.25) is 14.9 Å². The fourth-order valence-corrected chi connectivity index (χ4v) is 1.30. The van der Waals surface area contributed by atoms with E-state index in [9.17, 15) is 9.59 Å². The number of rotatable bonds is 0. The maximum Gasteiger partial charge on any atom is 0.261 e. The van der Waals surface area contributed by atoms with Gasteiger partial charge in [-0.2, -0.15) is 0 Å². The predicted octanol–water partition coefficient (Wildman–Crippen LogP) is -0.265. The maximum atomic E-state index is 11.2. The van der Waals surface area contributed by atoms with Gasteiger partial charge in [-0.15, -0.1) is 0 Å². The summed E-state index contributed by atoms with van der Waals surface area (Å²) in [7, 11) is 0. The topological polar surface area (TPSA) is 98.2 Å². The monoisotopic (exact) mass is 177 g/mol. The van der Waals surface area contributed by atoms with Crippen LogP contribution in [0.25, 0.3) is 0 Å². The third-order valence-electron chi connectivity index (χ3n) is 1.98. The van der Waals surface area contributed by atoms with Gasteiger partial charge in [0.1, 0.15) is 0 Å². The third-order valence-corrected chi connectivity index (χ3v) is 1.98. The van der Waals surface area contributed by atoms with Crippen LogP contribution in [0.1, 0.15) is 20.7 Å². The van der Waals surface area contributed by atoms with Crippen molar-refractivity contribution in [3.05, 3.63) is 23.3 Å². The number of hydrogen-bond acceptors (Lipinski definition) is 4. The van der Waals surface area contributed by atoms with E-state index in [0.717, 1.165) is 0 Å². The lowest BCUT2D eigenvalue weighted by atomic mass is 10.1. The first-order chi connectivity index (χ1) is 6.11. The highest BCUT2D eigenvalue weighted by Crippen LogP contribution is 2.26. The molecule has 0 spiro atoms. The fraction of sp³-hybridized carbons (Fsp3) is 0. The number of nitrogens with one attached hydrogen (secondary N) is 1. The second kappa shape index (κ2) is 2.22. The first-order valence-electron chi connectivity index (χ1n) is 3.65. The zero-order valence-corrected chi connectivity index (χ0v) is 6.63. The Labute approximate surface area is 73.7 Å². The molecule has 5 nitrogen and oxygen atoms in total. The molecule has 0 aromatic heterocycles. The number of imide groups is 1. The molecule has 2 rings (SSSR count). The first kappa shape index (κ1) is 7.60. The van der Waals surface area contributed by atoms with Gasteiger partial charge in [0, 0.05) is 0 Å². The predicted molar refractivity (Wildman–Crippen MR) is 47.1 cm³/mol. The van der Waals surface area contributed by atoms with E-state index in [1.54, 1.807) is 0 Å². The van der Waals surface area contributed by atoms with Gasteiger partial charge < -0.3 is 11.5 Å². The van der Waals surface area contributed by atoms with E-state index in [-0.39, 0.29) is 16.8 Å². The minimum Gasteiger partial charge on any atom is -0.397 e. The first-order valence-corrected chi connectivity index (χ1v) is 3.65. The van der Waals surface area contributed by atoms with E-state index >= 15 is 0 Å². The molecule has 5 N–H and O–H groups in total. The van der Waals surface area contributed by atoms with Gasteiger partial charge in [0.05, 0.1) is 22.5 Å². The Kier molecular flexibility index (Phi) is 1.30. The average molecular weight is 177 g/mol. The molecule has 0 atom stereocenters. The summed E-state index contributed by atoms with van der Waals surface area (Å²) in [6.45, 7) is 0. The third kappa shape index (κ3) is 0.868. The van der Waals surface area contributed by atoms with Crippen LogP contribution < -0.4 is 16.8 Å². The van der Waals surface area contributed by atoms with Crippen LogP contribution in [-0.4, -0.2) is 11.8 Å². The Bertz CT molecular complexity index is 426. The number of hydrogen-bond donors (Lipinski definition) is 3. The molecule has 0 aliphatic carbocycles. The van der Waals surface area contributed by atoms with Crippen molar-refractivity contribution in [1.29, 1.82) is 0 Å². The highest BCUT2D eigenvalue weighted by molar-refractivity contribution is 6.24. The van der Waals surface area contributed by atoms with Crippen molar-refractivity contribution in [2.75, 3.05) is 11.5 Å². The molecule has 1 aliphatic heterocycles. The summed E-state index contributed by atoms with van der Waals surface area (Å²) in [5.41, 5.74) is 12.0. The van der Waals surface area contributed by atoms with Crippen LogP contribution in [0.15, 0.2) is 12.1 Å². The van der Waals surface area contributed by atoms with Crippen molar-refractivity contribution in [3.63, 3.8) is 0 Å². The van der Waals surface area contributed by atoms with Crippen LogP contribution in [0.2, 0.25) is 0 Å². The summed E-state index contributed by atoms with van der Waals surface area (Å²) in [6, 6.07) is 2.99. The summed E-state index contributed by atoms with van der Waals surface area (Å²) < 4.78 is 0. The second-order valence-electron chi connectivity index (χ2n) is 2.77. The van der Waals surface area contributed by atoms with Crippen LogP contribution in [0.3, 0.4) is 0 Å². The zero-order chi connectivity index (χ0) is 9.59. The van der Waals surface area contributed by atoms with Gasteiger partial charge in [0.2, 0.25) is 0 Å². The molecule has 66 valence electrons. The lowest BCUT2D eigenvalue weighted by Crippen LogP contribution is -2.20. The molecule has 0 bridgehead atoms. The largest absolute Gasteiger partial charge is 0.397 e. The van der Waals surface area contributed by atoms with E-state index in [2.05, 4.69) is 5.32 Å². The zero-order valence-electron chi connectivity index (χ0n) is 6.63. The Morgan fingerprint density at radius 1 is 1.08 bits per heavy atom. The normalized spacial score (nSPS) is 14.2. The summed E-state index contributed by atoms with van der Waals surface area (Å²) in [6.07, 6.45) is 0. The van der Waals surface area contributed by atoms with Gasteiger partial charge in [-0.05, 0) is 12.1 Å². The minimum absolute atomic E-state index is 0.167. The Morgan fingerprint density at radius 2 is 1.77 bits per heavy atom. The molecule has 2 amide bonds. The summed E-state index contributed by atoms with van der Waals surface area (Å²) in [4.78, 5) is 22.3. The van der Waals surface area contributed by atoms with Crippen molar-refractivity contribution in [2.24, 2.45) is 0 Å². The molecule has 0 radical (unpaired) electrons. The lowest BCUT2D eigenvalue weighted by Gasteiger charge is -2.02. The van der Waals surface area contributed by atoms with E-state index in [0.29, 0.717) is 5.69 Å². The van der Waals surface area contributed by atoms with Crippen LogP contribution in [0, 0.1) is 0 Å². The summed E-state index contributed by atoms with van der Waals surface area (Å²) in [5.74, 6) is -0.906. The number of carbonyl (C=O) groups is 2. The summed E-state index contributed by atoms with van der Waals surface area (Å²) >= 11 is 0. The highest BCUT2D eigenvalue weighted by Gasteiger charge is 2.29. The van der Waals surface area contributed by atoms with Crippen molar-refractivity contribution in [2.45, 2.75) is 0 Å². The smallest absolute Gasteiger partial charge is 0.261 e. The van der Waals surface area contributed by atoms with Crippen LogP contribution in [-0.2, 0) is 0 Å². The number of benzene rings is 1. The molecule has 5 heteroatoms. The van der Waals surface area contributed by atoms with Gasteiger partial charge >= 0.3 is 0 Å². The van der Waals surface area contributed by atoms with Crippen LogP contribution >= 0.6 is 0 Å². The molecule has 13 heavy (non-hydrogen) atoms. The van der Waals surface area contributed by atoms with E-state index < -0.39 is 11.8 Å². The molecule has 1 aliphatic rings. The van der Waals surface area contributed by atoms with Crippen molar-refractivity contribution in [3.8, 4) is 0 Å². The highest BCUT2D eigenvalue weighted by atomic mass is 16.2. The van der Waals surface area contributed by atoms with E-state index in [4.69, 9.17) is 11.5 Å². The van der Waals surface area contributed by atoms with Crippen molar-refractivity contribution in [1.82, 2.24) is 5.32 Å². The Morgan fingerprint density at radius 3 is 2.46 bits per heavy atom. The van der Waals surface area contributed by atoms with Gasteiger partial charge in [-0.25, -0.2) is 0 Å². The molecule has 1 aromatic rings. The maximum absolute atomic E-state index is 11.2. The molecule has 0 saturated carbocycles. The molecule has 1 heterocycles. The van der Waals surface area contributed by atoms with Crippen molar-refractivity contribution >= 4 is 23.2 Å². The number of amides is 2. The minimum atomic E-state index is -0.482.